The van der Waals surface area contributed by atoms with Crippen molar-refractivity contribution in [3.63, 3.8) is 0 Å². The van der Waals surface area contributed by atoms with E-state index in [0.717, 1.165) is 11.3 Å². The zero-order valence-corrected chi connectivity index (χ0v) is 8.85. The van der Waals surface area contributed by atoms with E-state index in [1.54, 1.807) is 6.08 Å². The highest BCUT2D eigenvalue weighted by molar-refractivity contribution is 6.28. The van der Waals surface area contributed by atoms with Gasteiger partial charge >= 0.3 is 0 Å². The molecule has 0 amide bonds. The molecule has 0 spiro atoms. The summed E-state index contributed by atoms with van der Waals surface area (Å²) in [6.45, 7) is 3.67. The van der Waals surface area contributed by atoms with Crippen LogP contribution >= 0.6 is 0 Å². The van der Waals surface area contributed by atoms with Crippen LogP contribution in [-0.4, -0.2) is 18.1 Å². The number of carbonyl (C=O) groups excluding carboxylic acids is 2. The summed E-state index contributed by atoms with van der Waals surface area (Å²) >= 11 is 0. The Balaban J connectivity index is 2.39. The number of fused-ring (bicyclic) bond motifs is 1. The SMILES string of the molecule is C=CCC1Nc2ccccc2C1C(=O)C=O. The lowest BCUT2D eigenvalue weighted by Crippen LogP contribution is -2.26. The van der Waals surface area contributed by atoms with Crippen LogP contribution in [0.3, 0.4) is 0 Å². The summed E-state index contributed by atoms with van der Waals surface area (Å²) in [5, 5.41) is 3.25. The van der Waals surface area contributed by atoms with Gasteiger partial charge in [0.05, 0.1) is 5.92 Å². The Kier molecular flexibility index (Phi) is 2.86. The van der Waals surface area contributed by atoms with E-state index in [1.807, 2.05) is 24.3 Å². The fourth-order valence-corrected chi connectivity index (χ4v) is 2.20. The number of anilines is 1. The lowest BCUT2D eigenvalue weighted by atomic mass is 9.90. The van der Waals surface area contributed by atoms with Gasteiger partial charge < -0.3 is 5.32 Å². The Morgan fingerprint density at radius 1 is 1.44 bits per heavy atom. The number of aldehydes is 1. The number of hydrogen-bond donors (Lipinski definition) is 1. The van der Waals surface area contributed by atoms with Gasteiger partial charge in [-0.05, 0) is 18.1 Å². The predicted molar refractivity (Wildman–Crippen MR) is 62.5 cm³/mol. The molecule has 0 aliphatic carbocycles. The van der Waals surface area contributed by atoms with E-state index < -0.39 is 0 Å². The number of benzene rings is 1. The molecule has 16 heavy (non-hydrogen) atoms. The molecule has 0 fully saturated rings. The average molecular weight is 215 g/mol. The topological polar surface area (TPSA) is 46.2 Å². The van der Waals surface area contributed by atoms with Crippen LogP contribution in [0.5, 0.6) is 0 Å². The van der Waals surface area contributed by atoms with Gasteiger partial charge in [-0.3, -0.25) is 9.59 Å². The van der Waals surface area contributed by atoms with Crippen LogP contribution in [0, 0.1) is 0 Å². The van der Waals surface area contributed by atoms with Crippen molar-refractivity contribution in [2.24, 2.45) is 0 Å². The van der Waals surface area contributed by atoms with E-state index in [2.05, 4.69) is 11.9 Å². The highest BCUT2D eigenvalue weighted by Gasteiger charge is 2.35. The molecule has 1 N–H and O–H groups in total. The molecule has 0 saturated heterocycles. The number of Topliss-reactive ketones (excluding diaryl/α,β-unsaturated/α-hetero) is 1. The first kappa shape index (κ1) is 10.6. The molecule has 1 aliphatic rings. The molecule has 0 bridgehead atoms. The standard InChI is InChI=1S/C13H13NO2/c1-2-5-11-13(12(16)8-15)9-6-3-4-7-10(9)14-11/h2-4,6-8,11,13-14H,1,5H2. The van der Waals surface area contributed by atoms with E-state index in [9.17, 15) is 9.59 Å². The monoisotopic (exact) mass is 215 g/mol. The molecule has 2 atom stereocenters. The Labute approximate surface area is 94.2 Å². The van der Waals surface area contributed by atoms with Crippen LogP contribution in [0.1, 0.15) is 17.9 Å². The molecule has 3 nitrogen and oxygen atoms in total. The summed E-state index contributed by atoms with van der Waals surface area (Å²) in [5.41, 5.74) is 1.85. The summed E-state index contributed by atoms with van der Waals surface area (Å²) in [6.07, 6.45) is 2.83. The summed E-state index contributed by atoms with van der Waals surface area (Å²) in [4.78, 5) is 22.3. The Hall–Kier alpha value is -1.90. The summed E-state index contributed by atoms with van der Waals surface area (Å²) < 4.78 is 0. The van der Waals surface area contributed by atoms with Crippen LogP contribution in [0.15, 0.2) is 36.9 Å². The molecular weight excluding hydrogens is 202 g/mol. The van der Waals surface area contributed by atoms with Crippen molar-refractivity contribution in [1.82, 2.24) is 0 Å². The third-order valence-electron chi connectivity index (χ3n) is 2.88. The van der Waals surface area contributed by atoms with Crippen molar-refractivity contribution in [3.8, 4) is 0 Å². The third kappa shape index (κ3) is 1.65. The summed E-state index contributed by atoms with van der Waals surface area (Å²) in [6, 6.07) is 7.54. The van der Waals surface area contributed by atoms with Gasteiger partial charge in [0.15, 0.2) is 6.29 Å². The summed E-state index contributed by atoms with van der Waals surface area (Å²) in [7, 11) is 0. The van der Waals surface area contributed by atoms with Gasteiger partial charge in [0.2, 0.25) is 5.78 Å². The maximum Gasteiger partial charge on any atom is 0.204 e. The molecule has 1 aromatic carbocycles. The Bertz CT molecular complexity index is 439. The van der Waals surface area contributed by atoms with Gasteiger partial charge in [-0.15, -0.1) is 6.58 Å². The van der Waals surface area contributed by atoms with Gasteiger partial charge in [0.1, 0.15) is 0 Å². The van der Waals surface area contributed by atoms with E-state index >= 15 is 0 Å². The lowest BCUT2D eigenvalue weighted by Gasteiger charge is -2.15. The van der Waals surface area contributed by atoms with Crippen LogP contribution in [0.4, 0.5) is 5.69 Å². The van der Waals surface area contributed by atoms with Crippen LogP contribution in [0.2, 0.25) is 0 Å². The summed E-state index contributed by atoms with van der Waals surface area (Å²) in [5.74, 6) is -0.740. The van der Waals surface area contributed by atoms with E-state index in [4.69, 9.17) is 0 Å². The highest BCUT2D eigenvalue weighted by Crippen LogP contribution is 2.37. The number of nitrogens with one attached hydrogen (secondary N) is 1. The van der Waals surface area contributed by atoms with Crippen molar-refractivity contribution in [1.29, 1.82) is 0 Å². The van der Waals surface area contributed by atoms with Crippen molar-refractivity contribution in [2.75, 3.05) is 5.32 Å². The zero-order valence-electron chi connectivity index (χ0n) is 8.85. The van der Waals surface area contributed by atoms with Crippen molar-refractivity contribution < 1.29 is 9.59 Å². The first-order chi connectivity index (χ1) is 7.77. The van der Waals surface area contributed by atoms with Gasteiger partial charge in [0, 0.05) is 11.7 Å². The minimum absolute atomic E-state index is 0.0485. The number of hydrogen-bond acceptors (Lipinski definition) is 3. The quantitative estimate of drug-likeness (QED) is 0.474. The zero-order chi connectivity index (χ0) is 11.5. The third-order valence-corrected chi connectivity index (χ3v) is 2.88. The first-order valence-electron chi connectivity index (χ1n) is 5.23. The highest BCUT2D eigenvalue weighted by atomic mass is 16.2. The molecule has 2 rings (SSSR count). The van der Waals surface area contributed by atoms with Gasteiger partial charge in [-0.2, -0.15) is 0 Å². The van der Waals surface area contributed by atoms with Crippen LogP contribution in [0.25, 0.3) is 0 Å². The van der Waals surface area contributed by atoms with Gasteiger partial charge in [-0.25, -0.2) is 0 Å². The van der Waals surface area contributed by atoms with E-state index in [-0.39, 0.29) is 17.7 Å². The maximum atomic E-state index is 11.6. The lowest BCUT2D eigenvalue weighted by molar-refractivity contribution is -0.131. The van der Waals surface area contributed by atoms with Crippen LogP contribution in [-0.2, 0) is 9.59 Å². The van der Waals surface area contributed by atoms with Crippen LogP contribution < -0.4 is 5.32 Å². The molecule has 0 saturated carbocycles. The molecule has 0 aromatic heterocycles. The fraction of sp³-hybridized carbons (Fsp3) is 0.231. The first-order valence-corrected chi connectivity index (χ1v) is 5.23. The van der Waals surface area contributed by atoms with Crippen molar-refractivity contribution >= 4 is 17.8 Å². The fourth-order valence-electron chi connectivity index (χ4n) is 2.20. The minimum atomic E-state index is -0.371. The molecule has 1 aromatic rings. The Morgan fingerprint density at radius 2 is 2.19 bits per heavy atom. The predicted octanol–water partition coefficient (Wildman–Crippen LogP) is 1.91. The van der Waals surface area contributed by atoms with Crippen molar-refractivity contribution in [2.45, 2.75) is 18.4 Å². The van der Waals surface area contributed by atoms with Crippen molar-refractivity contribution in [3.05, 3.63) is 42.5 Å². The number of carbonyl (C=O) groups is 2. The molecule has 0 radical (unpaired) electrons. The minimum Gasteiger partial charge on any atom is -0.381 e. The van der Waals surface area contributed by atoms with E-state index in [0.29, 0.717) is 12.7 Å². The number of para-hydroxylation sites is 1. The Morgan fingerprint density at radius 3 is 2.88 bits per heavy atom. The second-order valence-corrected chi connectivity index (χ2v) is 3.86. The molecule has 2 unspecified atom stereocenters. The molecule has 1 heterocycles. The molecule has 82 valence electrons. The number of ketones is 1. The normalized spacial score (nSPS) is 22.0. The second kappa shape index (κ2) is 4.31. The van der Waals surface area contributed by atoms with Gasteiger partial charge in [-0.1, -0.05) is 24.3 Å². The maximum absolute atomic E-state index is 11.6. The second-order valence-electron chi connectivity index (χ2n) is 3.86. The largest absolute Gasteiger partial charge is 0.381 e. The molecule has 3 heteroatoms. The molecule has 1 aliphatic heterocycles. The van der Waals surface area contributed by atoms with E-state index in [1.165, 1.54) is 0 Å². The van der Waals surface area contributed by atoms with Gasteiger partial charge in [0.25, 0.3) is 0 Å². The molecular formula is C13H13NO2. The average Bonchev–Trinajstić information content (AvgIpc) is 2.66. The number of rotatable bonds is 4. The smallest absolute Gasteiger partial charge is 0.204 e.